The van der Waals surface area contributed by atoms with Crippen LogP contribution in [0, 0.1) is 0 Å². The first kappa shape index (κ1) is 13.7. The summed E-state index contributed by atoms with van der Waals surface area (Å²) in [6, 6.07) is 14.3. The Kier molecular flexibility index (Phi) is 4.29. The minimum Gasteiger partial charge on any atom is -0.389 e. The van der Waals surface area contributed by atoms with Crippen LogP contribution >= 0.6 is 28.1 Å². The van der Waals surface area contributed by atoms with E-state index in [-0.39, 0.29) is 10.9 Å². The zero-order valence-corrected chi connectivity index (χ0v) is 12.3. The minimum atomic E-state index is -0.198. The van der Waals surface area contributed by atoms with Crippen LogP contribution in [-0.2, 0) is 0 Å². The van der Waals surface area contributed by atoms with E-state index < -0.39 is 0 Å². The number of amides is 1. The Morgan fingerprint density at radius 3 is 2.47 bits per heavy atom. The van der Waals surface area contributed by atoms with Crippen molar-refractivity contribution in [1.29, 1.82) is 0 Å². The van der Waals surface area contributed by atoms with Gasteiger partial charge in [-0.05, 0) is 30.3 Å². The number of anilines is 1. The molecule has 0 heterocycles. The van der Waals surface area contributed by atoms with Crippen molar-refractivity contribution < 1.29 is 4.79 Å². The molecule has 2 aromatic rings. The summed E-state index contributed by atoms with van der Waals surface area (Å²) in [5, 5.41) is 2.81. The lowest BCUT2D eigenvalue weighted by Crippen LogP contribution is -2.14. The molecular weight excluding hydrogens is 324 g/mol. The van der Waals surface area contributed by atoms with Crippen molar-refractivity contribution in [3.63, 3.8) is 0 Å². The van der Waals surface area contributed by atoms with Crippen LogP contribution in [0.2, 0.25) is 0 Å². The van der Waals surface area contributed by atoms with E-state index in [0.29, 0.717) is 11.1 Å². The number of nitrogens with two attached hydrogens (primary N) is 1. The molecule has 0 spiro atoms. The van der Waals surface area contributed by atoms with E-state index in [1.807, 2.05) is 24.3 Å². The van der Waals surface area contributed by atoms with Gasteiger partial charge in [-0.25, -0.2) is 0 Å². The molecule has 0 fully saturated rings. The maximum absolute atomic E-state index is 12.1. The number of hydrogen-bond donors (Lipinski definition) is 2. The molecule has 0 radical (unpaired) electrons. The van der Waals surface area contributed by atoms with E-state index in [9.17, 15) is 4.79 Å². The van der Waals surface area contributed by atoms with E-state index >= 15 is 0 Å². The lowest BCUT2D eigenvalue weighted by molar-refractivity contribution is 0.102. The van der Waals surface area contributed by atoms with E-state index in [1.54, 1.807) is 24.3 Å². The van der Waals surface area contributed by atoms with Crippen molar-refractivity contribution in [2.75, 3.05) is 5.32 Å². The third kappa shape index (κ3) is 3.62. The molecule has 2 aromatic carbocycles. The van der Waals surface area contributed by atoms with Gasteiger partial charge in [0.25, 0.3) is 5.91 Å². The fraction of sp³-hybridized carbons (Fsp3) is 0. The SMILES string of the molecule is NC(=S)c1cccc(C(=O)Nc2cccc(Br)c2)c1. The highest BCUT2D eigenvalue weighted by atomic mass is 79.9. The Labute approximate surface area is 124 Å². The van der Waals surface area contributed by atoms with Gasteiger partial charge >= 0.3 is 0 Å². The van der Waals surface area contributed by atoms with Crippen molar-refractivity contribution in [3.8, 4) is 0 Å². The highest BCUT2D eigenvalue weighted by Gasteiger charge is 2.07. The van der Waals surface area contributed by atoms with Crippen LogP contribution in [0.5, 0.6) is 0 Å². The minimum absolute atomic E-state index is 0.198. The molecule has 0 aliphatic heterocycles. The highest BCUT2D eigenvalue weighted by molar-refractivity contribution is 9.10. The Balaban J connectivity index is 2.20. The fourth-order valence-corrected chi connectivity index (χ4v) is 2.11. The maximum atomic E-state index is 12.1. The van der Waals surface area contributed by atoms with Gasteiger partial charge in [0, 0.05) is 21.3 Å². The smallest absolute Gasteiger partial charge is 0.255 e. The number of benzene rings is 2. The largest absolute Gasteiger partial charge is 0.389 e. The Bertz CT molecular complexity index is 643. The summed E-state index contributed by atoms with van der Waals surface area (Å²) in [6.07, 6.45) is 0. The van der Waals surface area contributed by atoms with Gasteiger partial charge in [0.05, 0.1) is 0 Å². The van der Waals surface area contributed by atoms with Crippen LogP contribution in [0.3, 0.4) is 0 Å². The van der Waals surface area contributed by atoms with Crippen LogP contribution in [0.4, 0.5) is 5.69 Å². The number of carbonyl (C=O) groups is 1. The average molecular weight is 335 g/mol. The molecule has 96 valence electrons. The molecule has 5 heteroatoms. The monoisotopic (exact) mass is 334 g/mol. The molecule has 0 saturated heterocycles. The topological polar surface area (TPSA) is 55.1 Å². The van der Waals surface area contributed by atoms with Gasteiger partial charge in [0.15, 0.2) is 0 Å². The summed E-state index contributed by atoms with van der Waals surface area (Å²) in [4.78, 5) is 12.4. The summed E-state index contributed by atoms with van der Waals surface area (Å²) in [5.41, 5.74) is 7.47. The lowest BCUT2D eigenvalue weighted by atomic mass is 10.1. The molecule has 2 rings (SSSR count). The fourth-order valence-electron chi connectivity index (χ4n) is 1.58. The van der Waals surface area contributed by atoms with Crippen molar-refractivity contribution in [2.24, 2.45) is 5.73 Å². The second-order valence-corrected chi connectivity index (χ2v) is 5.27. The summed E-state index contributed by atoms with van der Waals surface area (Å²) in [7, 11) is 0. The van der Waals surface area contributed by atoms with Gasteiger partial charge in [0.2, 0.25) is 0 Å². The van der Waals surface area contributed by atoms with Gasteiger partial charge in [0.1, 0.15) is 4.99 Å². The number of rotatable bonds is 3. The van der Waals surface area contributed by atoms with E-state index in [0.717, 1.165) is 10.2 Å². The predicted octanol–water partition coefficient (Wildman–Crippen LogP) is 3.34. The second-order valence-electron chi connectivity index (χ2n) is 3.91. The quantitative estimate of drug-likeness (QED) is 0.846. The molecule has 19 heavy (non-hydrogen) atoms. The molecule has 0 bridgehead atoms. The van der Waals surface area contributed by atoms with Crippen LogP contribution in [-0.4, -0.2) is 10.9 Å². The molecule has 0 aliphatic rings. The number of nitrogens with one attached hydrogen (secondary N) is 1. The average Bonchev–Trinajstić information content (AvgIpc) is 2.39. The number of hydrogen-bond acceptors (Lipinski definition) is 2. The molecular formula is C14H11BrN2OS. The second kappa shape index (κ2) is 5.95. The normalized spacial score (nSPS) is 9.95. The first-order chi connectivity index (χ1) is 9.06. The van der Waals surface area contributed by atoms with Crippen LogP contribution in [0.25, 0.3) is 0 Å². The first-order valence-corrected chi connectivity index (χ1v) is 6.73. The van der Waals surface area contributed by atoms with Crippen molar-refractivity contribution >= 4 is 44.7 Å². The summed E-state index contributed by atoms with van der Waals surface area (Å²) >= 11 is 8.25. The molecule has 0 saturated carbocycles. The predicted molar refractivity (Wildman–Crippen MR) is 84.4 cm³/mol. The van der Waals surface area contributed by atoms with Crippen LogP contribution in [0.1, 0.15) is 15.9 Å². The number of thiocarbonyl (C=S) groups is 1. The Morgan fingerprint density at radius 1 is 1.11 bits per heavy atom. The molecule has 1 amide bonds. The van der Waals surface area contributed by atoms with Gasteiger partial charge in [-0.2, -0.15) is 0 Å². The van der Waals surface area contributed by atoms with Crippen molar-refractivity contribution in [2.45, 2.75) is 0 Å². The van der Waals surface area contributed by atoms with E-state index in [1.165, 1.54) is 0 Å². The van der Waals surface area contributed by atoms with E-state index in [4.69, 9.17) is 18.0 Å². The molecule has 0 aliphatic carbocycles. The summed E-state index contributed by atoms with van der Waals surface area (Å²) < 4.78 is 0.905. The zero-order valence-electron chi connectivity index (χ0n) is 9.89. The molecule has 3 nitrogen and oxygen atoms in total. The number of carbonyl (C=O) groups excluding carboxylic acids is 1. The highest BCUT2D eigenvalue weighted by Crippen LogP contribution is 2.16. The van der Waals surface area contributed by atoms with Gasteiger partial charge in [-0.15, -0.1) is 0 Å². The Hall–Kier alpha value is -1.72. The molecule has 0 aromatic heterocycles. The van der Waals surface area contributed by atoms with Crippen LogP contribution < -0.4 is 11.1 Å². The zero-order chi connectivity index (χ0) is 13.8. The van der Waals surface area contributed by atoms with Gasteiger partial charge < -0.3 is 11.1 Å². The summed E-state index contributed by atoms with van der Waals surface area (Å²) in [5.74, 6) is -0.198. The van der Waals surface area contributed by atoms with Crippen molar-refractivity contribution in [3.05, 3.63) is 64.1 Å². The summed E-state index contributed by atoms with van der Waals surface area (Å²) in [6.45, 7) is 0. The third-order valence-electron chi connectivity index (χ3n) is 2.49. The van der Waals surface area contributed by atoms with Crippen LogP contribution in [0.15, 0.2) is 53.0 Å². The standard InChI is InChI=1S/C14H11BrN2OS/c15-11-5-2-6-12(8-11)17-14(18)10-4-1-3-9(7-10)13(16)19/h1-8H,(H2,16,19)(H,17,18). The molecule has 0 atom stereocenters. The maximum Gasteiger partial charge on any atom is 0.255 e. The molecule has 3 N–H and O–H groups in total. The lowest BCUT2D eigenvalue weighted by Gasteiger charge is -2.07. The van der Waals surface area contributed by atoms with Gasteiger partial charge in [-0.1, -0.05) is 46.3 Å². The number of halogens is 1. The van der Waals surface area contributed by atoms with Gasteiger partial charge in [-0.3, -0.25) is 4.79 Å². The third-order valence-corrected chi connectivity index (χ3v) is 3.22. The molecule has 0 unspecified atom stereocenters. The van der Waals surface area contributed by atoms with Crippen molar-refractivity contribution in [1.82, 2.24) is 0 Å². The first-order valence-electron chi connectivity index (χ1n) is 5.53. The Morgan fingerprint density at radius 2 is 1.79 bits per heavy atom. The van der Waals surface area contributed by atoms with E-state index in [2.05, 4.69) is 21.2 Å².